The van der Waals surface area contributed by atoms with E-state index in [0.29, 0.717) is 5.13 Å². The molecule has 0 spiro atoms. The lowest BCUT2D eigenvalue weighted by Gasteiger charge is -2.05. The molecule has 112 valence electrons. The first-order chi connectivity index (χ1) is 10.0. The molecule has 0 aliphatic rings. The van der Waals surface area contributed by atoms with Gasteiger partial charge in [0.05, 0.1) is 5.69 Å². The molecule has 1 aromatic carbocycles. The van der Waals surface area contributed by atoms with Crippen LogP contribution in [0.3, 0.4) is 0 Å². The van der Waals surface area contributed by atoms with E-state index in [2.05, 4.69) is 15.6 Å². The molecule has 0 radical (unpaired) electrons. The zero-order valence-corrected chi connectivity index (χ0v) is 12.7. The minimum absolute atomic E-state index is 0.126. The maximum absolute atomic E-state index is 13.7. The second-order valence-electron chi connectivity index (χ2n) is 4.60. The van der Waals surface area contributed by atoms with E-state index in [0.717, 1.165) is 29.9 Å². The van der Waals surface area contributed by atoms with Gasteiger partial charge in [-0.3, -0.25) is 4.79 Å². The van der Waals surface area contributed by atoms with Crippen molar-refractivity contribution in [2.45, 2.75) is 20.3 Å². The summed E-state index contributed by atoms with van der Waals surface area (Å²) in [5, 5.41) is 6.17. The van der Waals surface area contributed by atoms with Crippen molar-refractivity contribution in [2.24, 2.45) is 0 Å². The lowest BCUT2D eigenvalue weighted by atomic mass is 10.2. The predicted molar refractivity (Wildman–Crippen MR) is 84.4 cm³/mol. The summed E-state index contributed by atoms with van der Waals surface area (Å²) >= 11 is 1.15. The van der Waals surface area contributed by atoms with Crippen molar-refractivity contribution in [1.82, 2.24) is 4.98 Å². The maximum atomic E-state index is 13.7. The van der Waals surface area contributed by atoms with Crippen molar-refractivity contribution in [2.75, 3.05) is 22.9 Å². The number of aromatic nitrogens is 1. The number of thiazole rings is 1. The fraction of sp³-hybridized carbons (Fsp3) is 0.286. The van der Waals surface area contributed by atoms with Gasteiger partial charge in [0.25, 0.3) is 5.91 Å². The van der Waals surface area contributed by atoms with Crippen LogP contribution in [0.4, 0.5) is 21.0 Å². The number of nitrogen functional groups attached to an aromatic ring is 1. The number of nitrogens with two attached hydrogens (primary N) is 1. The zero-order valence-electron chi connectivity index (χ0n) is 11.9. The number of nitrogens with one attached hydrogen (secondary N) is 2. The fourth-order valence-electron chi connectivity index (χ4n) is 1.70. The van der Waals surface area contributed by atoms with Crippen molar-refractivity contribution in [3.05, 3.63) is 34.5 Å². The topological polar surface area (TPSA) is 80.0 Å². The van der Waals surface area contributed by atoms with Gasteiger partial charge in [0.1, 0.15) is 16.5 Å². The Hall–Kier alpha value is -2.15. The van der Waals surface area contributed by atoms with Gasteiger partial charge < -0.3 is 16.4 Å². The van der Waals surface area contributed by atoms with Gasteiger partial charge in [-0.05, 0) is 31.0 Å². The van der Waals surface area contributed by atoms with E-state index in [1.165, 1.54) is 12.1 Å². The summed E-state index contributed by atoms with van der Waals surface area (Å²) in [6, 6.07) is 4.61. The third-order valence-corrected chi connectivity index (χ3v) is 3.79. The molecule has 0 fully saturated rings. The number of aryl methyl sites for hydroxylation is 1. The van der Waals surface area contributed by atoms with E-state index in [1.54, 1.807) is 13.0 Å². The second-order valence-corrected chi connectivity index (χ2v) is 5.60. The van der Waals surface area contributed by atoms with Gasteiger partial charge in [0.2, 0.25) is 0 Å². The van der Waals surface area contributed by atoms with E-state index in [1.807, 2.05) is 6.92 Å². The molecule has 0 aliphatic heterocycles. The van der Waals surface area contributed by atoms with Gasteiger partial charge >= 0.3 is 0 Å². The van der Waals surface area contributed by atoms with Gasteiger partial charge in [0.15, 0.2) is 5.13 Å². The van der Waals surface area contributed by atoms with Crippen molar-refractivity contribution >= 4 is 33.9 Å². The summed E-state index contributed by atoms with van der Waals surface area (Å²) in [7, 11) is 0. The zero-order chi connectivity index (χ0) is 15.4. The summed E-state index contributed by atoms with van der Waals surface area (Å²) in [5.41, 5.74) is 6.65. The van der Waals surface area contributed by atoms with E-state index < -0.39 is 11.7 Å². The van der Waals surface area contributed by atoms with Crippen LogP contribution in [0.2, 0.25) is 0 Å². The second kappa shape index (κ2) is 6.53. The number of halogens is 1. The van der Waals surface area contributed by atoms with Crippen LogP contribution in [0.25, 0.3) is 0 Å². The number of carbonyl (C=O) groups is 1. The molecular weight excluding hydrogens is 291 g/mol. The molecule has 1 amide bonds. The first kappa shape index (κ1) is 15.2. The Bertz CT molecular complexity index is 656. The summed E-state index contributed by atoms with van der Waals surface area (Å²) in [4.78, 5) is 16.5. The first-order valence-corrected chi connectivity index (χ1v) is 7.40. The number of hydrogen-bond acceptors (Lipinski definition) is 5. The molecule has 2 aromatic rings. The number of carbonyl (C=O) groups excluding carboxylic acids is 1. The molecule has 4 N–H and O–H groups in total. The van der Waals surface area contributed by atoms with E-state index in [-0.39, 0.29) is 16.4 Å². The number of amides is 1. The monoisotopic (exact) mass is 308 g/mol. The molecule has 0 unspecified atom stereocenters. The average molecular weight is 308 g/mol. The SMILES string of the molecule is CCCNc1nc(N)c(C(=O)Nc2ccc(C)cc2F)s1. The average Bonchev–Trinajstić information content (AvgIpc) is 2.81. The van der Waals surface area contributed by atoms with Crippen LogP contribution in [-0.4, -0.2) is 17.4 Å². The number of hydrogen-bond donors (Lipinski definition) is 3. The number of nitrogens with zero attached hydrogens (tertiary/aromatic N) is 1. The van der Waals surface area contributed by atoms with Crippen LogP contribution >= 0.6 is 11.3 Å². The van der Waals surface area contributed by atoms with Crippen LogP contribution in [0, 0.1) is 12.7 Å². The van der Waals surface area contributed by atoms with Crippen molar-refractivity contribution in [1.29, 1.82) is 0 Å². The number of benzene rings is 1. The number of rotatable bonds is 5. The lowest BCUT2D eigenvalue weighted by molar-refractivity contribution is 0.103. The summed E-state index contributed by atoms with van der Waals surface area (Å²) < 4.78 is 13.7. The Labute approximate surface area is 126 Å². The Morgan fingerprint density at radius 2 is 2.24 bits per heavy atom. The highest BCUT2D eigenvalue weighted by atomic mass is 32.1. The fourth-order valence-corrected chi connectivity index (χ4v) is 2.51. The third kappa shape index (κ3) is 3.69. The molecule has 21 heavy (non-hydrogen) atoms. The minimum Gasteiger partial charge on any atom is -0.382 e. The first-order valence-electron chi connectivity index (χ1n) is 6.59. The summed E-state index contributed by atoms with van der Waals surface area (Å²) in [6.45, 7) is 4.56. The highest BCUT2D eigenvalue weighted by Crippen LogP contribution is 2.26. The van der Waals surface area contributed by atoms with E-state index in [4.69, 9.17) is 5.73 Å². The third-order valence-electron chi connectivity index (χ3n) is 2.76. The summed E-state index contributed by atoms with van der Waals surface area (Å²) in [5.74, 6) is -0.795. The maximum Gasteiger partial charge on any atom is 0.269 e. The Kier molecular flexibility index (Phi) is 4.74. The molecule has 1 heterocycles. The van der Waals surface area contributed by atoms with Gasteiger partial charge in [-0.15, -0.1) is 0 Å². The molecule has 7 heteroatoms. The molecule has 2 rings (SSSR count). The van der Waals surface area contributed by atoms with Crippen LogP contribution in [0.15, 0.2) is 18.2 Å². The standard InChI is InChI=1S/C14H17FN4OS/c1-3-6-17-14-19-12(16)11(21-14)13(20)18-10-5-4-8(2)7-9(10)15/h4-5,7H,3,6,16H2,1-2H3,(H,17,19)(H,18,20). The molecule has 0 aliphatic carbocycles. The number of anilines is 3. The minimum atomic E-state index is -0.476. The van der Waals surface area contributed by atoms with Crippen LogP contribution in [-0.2, 0) is 0 Å². The Balaban J connectivity index is 2.14. The highest BCUT2D eigenvalue weighted by Gasteiger charge is 2.17. The van der Waals surface area contributed by atoms with Crippen LogP contribution in [0.5, 0.6) is 0 Å². The smallest absolute Gasteiger partial charge is 0.269 e. The molecular formula is C14H17FN4OS. The Morgan fingerprint density at radius 3 is 2.90 bits per heavy atom. The lowest BCUT2D eigenvalue weighted by Crippen LogP contribution is -2.13. The van der Waals surface area contributed by atoms with Crippen LogP contribution < -0.4 is 16.4 Å². The van der Waals surface area contributed by atoms with E-state index >= 15 is 0 Å². The Morgan fingerprint density at radius 1 is 1.48 bits per heavy atom. The largest absolute Gasteiger partial charge is 0.382 e. The van der Waals surface area contributed by atoms with Crippen molar-refractivity contribution in [3.63, 3.8) is 0 Å². The van der Waals surface area contributed by atoms with Crippen molar-refractivity contribution in [3.8, 4) is 0 Å². The molecule has 1 aromatic heterocycles. The molecule has 0 bridgehead atoms. The molecule has 5 nitrogen and oxygen atoms in total. The molecule has 0 saturated heterocycles. The summed E-state index contributed by atoms with van der Waals surface area (Å²) in [6.07, 6.45) is 0.940. The quantitative estimate of drug-likeness (QED) is 0.792. The highest BCUT2D eigenvalue weighted by molar-refractivity contribution is 7.18. The van der Waals surface area contributed by atoms with E-state index in [9.17, 15) is 9.18 Å². The van der Waals surface area contributed by atoms with Gasteiger partial charge in [-0.25, -0.2) is 9.37 Å². The van der Waals surface area contributed by atoms with Gasteiger partial charge in [-0.2, -0.15) is 0 Å². The van der Waals surface area contributed by atoms with Gasteiger partial charge in [0, 0.05) is 6.54 Å². The molecule has 0 saturated carbocycles. The van der Waals surface area contributed by atoms with Gasteiger partial charge in [-0.1, -0.05) is 24.3 Å². The normalized spacial score (nSPS) is 10.4. The van der Waals surface area contributed by atoms with Crippen LogP contribution in [0.1, 0.15) is 28.6 Å². The molecule has 0 atom stereocenters. The van der Waals surface area contributed by atoms with Crippen molar-refractivity contribution < 1.29 is 9.18 Å². The predicted octanol–water partition coefficient (Wildman–Crippen LogP) is 3.25.